The van der Waals surface area contributed by atoms with Crippen molar-refractivity contribution in [2.75, 3.05) is 40.4 Å². The summed E-state index contributed by atoms with van der Waals surface area (Å²) >= 11 is 0. The first-order chi connectivity index (χ1) is 14.1. The number of piperazine rings is 1. The lowest BCUT2D eigenvalue weighted by molar-refractivity contribution is 0.272. The third-order valence-electron chi connectivity index (χ3n) is 5.15. The van der Waals surface area contributed by atoms with Gasteiger partial charge in [-0.2, -0.15) is 8.61 Å². The van der Waals surface area contributed by atoms with Crippen molar-refractivity contribution < 1.29 is 26.3 Å². The molecule has 1 aliphatic heterocycles. The summed E-state index contributed by atoms with van der Waals surface area (Å²) in [5, 5.41) is 0. The van der Waals surface area contributed by atoms with E-state index in [9.17, 15) is 16.8 Å². The molecule has 1 heterocycles. The normalized spacial score (nSPS) is 16.4. The van der Waals surface area contributed by atoms with E-state index in [0.29, 0.717) is 11.3 Å². The summed E-state index contributed by atoms with van der Waals surface area (Å²) in [6.45, 7) is 3.86. The Balaban J connectivity index is 1.82. The molecule has 1 fully saturated rings. The fraction of sp³-hybridized carbons (Fsp3) is 0.400. The topological polar surface area (TPSA) is 93.2 Å². The smallest absolute Gasteiger partial charge is 0.246 e. The zero-order valence-electron chi connectivity index (χ0n) is 17.5. The van der Waals surface area contributed by atoms with Gasteiger partial charge in [0.05, 0.1) is 19.1 Å². The number of benzene rings is 2. The van der Waals surface area contributed by atoms with Gasteiger partial charge in [0, 0.05) is 32.2 Å². The third-order valence-corrected chi connectivity index (χ3v) is 9.13. The maximum Gasteiger partial charge on any atom is 0.246 e. The molecule has 10 heteroatoms. The number of sulfonamides is 2. The molecule has 0 aromatic heterocycles. The minimum atomic E-state index is -3.85. The first kappa shape index (κ1) is 22.5. The van der Waals surface area contributed by atoms with Gasteiger partial charge in [-0.3, -0.25) is 0 Å². The van der Waals surface area contributed by atoms with Gasteiger partial charge >= 0.3 is 0 Å². The molecule has 0 bridgehead atoms. The van der Waals surface area contributed by atoms with E-state index in [1.807, 2.05) is 13.0 Å². The SMILES string of the molecule is COc1ccc(S(=O)(=O)N2CCN(S(=O)(=O)c3cc(C)ccc3C)CC2)c(OC)c1. The minimum Gasteiger partial charge on any atom is -0.497 e. The molecular weight excluding hydrogens is 428 g/mol. The highest BCUT2D eigenvalue weighted by atomic mass is 32.2. The minimum absolute atomic E-state index is 0.0247. The van der Waals surface area contributed by atoms with Crippen LogP contribution in [0.4, 0.5) is 0 Å². The maximum atomic E-state index is 13.1. The second-order valence-electron chi connectivity index (χ2n) is 7.09. The van der Waals surface area contributed by atoms with E-state index in [2.05, 4.69) is 0 Å². The molecule has 0 amide bonds. The Morgan fingerprint density at radius 3 is 1.83 bits per heavy atom. The van der Waals surface area contributed by atoms with Gasteiger partial charge in [-0.05, 0) is 43.2 Å². The molecule has 164 valence electrons. The van der Waals surface area contributed by atoms with Gasteiger partial charge in [0.1, 0.15) is 16.4 Å². The first-order valence-corrected chi connectivity index (χ1v) is 12.3. The summed E-state index contributed by atoms with van der Waals surface area (Å²) in [6.07, 6.45) is 0. The van der Waals surface area contributed by atoms with Crippen LogP contribution >= 0.6 is 0 Å². The Kier molecular flexibility index (Phi) is 6.42. The Labute approximate surface area is 178 Å². The third kappa shape index (κ3) is 4.18. The van der Waals surface area contributed by atoms with E-state index in [-0.39, 0.29) is 41.7 Å². The fourth-order valence-corrected chi connectivity index (χ4v) is 6.69. The number of hydrogen-bond acceptors (Lipinski definition) is 6. The molecule has 0 atom stereocenters. The van der Waals surface area contributed by atoms with E-state index >= 15 is 0 Å². The quantitative estimate of drug-likeness (QED) is 0.663. The van der Waals surface area contributed by atoms with Crippen molar-refractivity contribution in [3.63, 3.8) is 0 Å². The van der Waals surface area contributed by atoms with Gasteiger partial charge in [0.25, 0.3) is 0 Å². The van der Waals surface area contributed by atoms with Crippen LogP contribution in [-0.2, 0) is 20.0 Å². The zero-order chi connectivity index (χ0) is 22.1. The Bertz CT molecular complexity index is 1140. The van der Waals surface area contributed by atoms with E-state index in [4.69, 9.17) is 9.47 Å². The van der Waals surface area contributed by atoms with Crippen LogP contribution in [-0.4, -0.2) is 65.8 Å². The van der Waals surface area contributed by atoms with E-state index < -0.39 is 20.0 Å². The lowest BCUT2D eigenvalue weighted by Crippen LogP contribution is -2.50. The van der Waals surface area contributed by atoms with Gasteiger partial charge < -0.3 is 9.47 Å². The van der Waals surface area contributed by atoms with Crippen LogP contribution in [0.1, 0.15) is 11.1 Å². The molecule has 0 aliphatic carbocycles. The second-order valence-corrected chi connectivity index (χ2v) is 10.9. The highest BCUT2D eigenvalue weighted by Crippen LogP contribution is 2.31. The van der Waals surface area contributed by atoms with Crippen molar-refractivity contribution >= 4 is 20.0 Å². The lowest BCUT2D eigenvalue weighted by atomic mass is 10.2. The molecule has 0 N–H and O–H groups in total. The predicted octanol–water partition coefficient (Wildman–Crippen LogP) is 2.02. The summed E-state index contributed by atoms with van der Waals surface area (Å²) in [5.41, 5.74) is 1.52. The number of ether oxygens (including phenoxy) is 2. The summed E-state index contributed by atoms with van der Waals surface area (Å²) in [4.78, 5) is 0.285. The molecule has 8 nitrogen and oxygen atoms in total. The largest absolute Gasteiger partial charge is 0.497 e. The number of aryl methyl sites for hydroxylation is 2. The van der Waals surface area contributed by atoms with Crippen molar-refractivity contribution in [3.05, 3.63) is 47.5 Å². The fourth-order valence-electron chi connectivity index (χ4n) is 3.40. The summed E-state index contributed by atoms with van der Waals surface area (Å²) in [5.74, 6) is 0.662. The Hall–Kier alpha value is -2.14. The van der Waals surface area contributed by atoms with Gasteiger partial charge in [-0.25, -0.2) is 16.8 Å². The van der Waals surface area contributed by atoms with Gasteiger partial charge in [0.2, 0.25) is 20.0 Å². The lowest BCUT2D eigenvalue weighted by Gasteiger charge is -2.33. The number of hydrogen-bond donors (Lipinski definition) is 0. The molecule has 1 saturated heterocycles. The second kappa shape index (κ2) is 8.54. The van der Waals surface area contributed by atoms with Crippen molar-refractivity contribution in [1.82, 2.24) is 8.61 Å². The maximum absolute atomic E-state index is 13.1. The average molecular weight is 455 g/mol. The van der Waals surface area contributed by atoms with Crippen LogP contribution < -0.4 is 9.47 Å². The number of methoxy groups -OCH3 is 2. The highest BCUT2D eigenvalue weighted by molar-refractivity contribution is 7.89. The zero-order valence-corrected chi connectivity index (χ0v) is 19.1. The molecular formula is C20H26N2O6S2. The Morgan fingerprint density at radius 1 is 0.733 bits per heavy atom. The summed E-state index contributed by atoms with van der Waals surface area (Å²) in [7, 11) is -4.67. The van der Waals surface area contributed by atoms with Crippen LogP contribution in [0.5, 0.6) is 11.5 Å². The van der Waals surface area contributed by atoms with Gasteiger partial charge in [-0.15, -0.1) is 0 Å². The number of rotatable bonds is 6. The van der Waals surface area contributed by atoms with Crippen molar-refractivity contribution in [2.45, 2.75) is 23.6 Å². The molecule has 2 aromatic carbocycles. The molecule has 0 unspecified atom stereocenters. The standard InChI is InChI=1S/C20H26N2O6S2/c1-15-5-6-16(2)20(13-15)30(25,26)22-11-9-21(10-12-22)29(23,24)19-8-7-17(27-3)14-18(19)28-4/h5-8,13-14H,9-12H2,1-4H3. The van der Waals surface area contributed by atoms with Crippen molar-refractivity contribution in [1.29, 1.82) is 0 Å². The highest BCUT2D eigenvalue weighted by Gasteiger charge is 2.35. The van der Waals surface area contributed by atoms with Crippen molar-refractivity contribution in [3.8, 4) is 11.5 Å². The average Bonchev–Trinajstić information content (AvgIpc) is 2.74. The molecule has 0 spiro atoms. The number of nitrogens with zero attached hydrogens (tertiary/aromatic N) is 2. The molecule has 30 heavy (non-hydrogen) atoms. The molecule has 0 saturated carbocycles. The Morgan fingerprint density at radius 2 is 1.30 bits per heavy atom. The van der Waals surface area contributed by atoms with Crippen LogP contribution in [0.2, 0.25) is 0 Å². The van der Waals surface area contributed by atoms with Gasteiger partial charge in [-0.1, -0.05) is 12.1 Å². The first-order valence-electron chi connectivity index (χ1n) is 9.41. The predicted molar refractivity (Wildman–Crippen MR) is 113 cm³/mol. The van der Waals surface area contributed by atoms with Crippen LogP contribution in [0.25, 0.3) is 0 Å². The summed E-state index contributed by atoms with van der Waals surface area (Å²) in [6, 6.07) is 9.78. The molecule has 2 aromatic rings. The summed E-state index contributed by atoms with van der Waals surface area (Å²) < 4.78 is 65.4. The van der Waals surface area contributed by atoms with Crippen LogP contribution in [0.3, 0.4) is 0 Å². The monoisotopic (exact) mass is 454 g/mol. The van der Waals surface area contributed by atoms with Crippen LogP contribution in [0, 0.1) is 13.8 Å². The molecule has 0 radical (unpaired) electrons. The van der Waals surface area contributed by atoms with Crippen molar-refractivity contribution in [2.24, 2.45) is 0 Å². The van der Waals surface area contributed by atoms with Crippen LogP contribution in [0.15, 0.2) is 46.2 Å². The van der Waals surface area contributed by atoms with Gasteiger partial charge in [0.15, 0.2) is 0 Å². The molecule has 3 rings (SSSR count). The van der Waals surface area contributed by atoms with E-state index in [1.54, 1.807) is 25.1 Å². The molecule has 1 aliphatic rings. The van der Waals surface area contributed by atoms with E-state index in [1.165, 1.54) is 35.0 Å². The van der Waals surface area contributed by atoms with E-state index in [0.717, 1.165) is 5.56 Å².